The lowest BCUT2D eigenvalue weighted by Gasteiger charge is -2.31. The number of aliphatic carboxylic acids is 1. The first-order chi connectivity index (χ1) is 30.3. The van der Waals surface area contributed by atoms with E-state index in [2.05, 4.69) is 41.5 Å². The molecule has 2 heterocycles. The lowest BCUT2D eigenvalue weighted by molar-refractivity contribution is -0.438. The van der Waals surface area contributed by atoms with Crippen molar-refractivity contribution in [1.82, 2.24) is 0 Å². The molecule has 0 bridgehead atoms. The molecule has 1 atom stereocenters. The second-order valence-corrected chi connectivity index (χ2v) is 20.2. The van der Waals surface area contributed by atoms with Gasteiger partial charge < -0.3 is 24.0 Å². The van der Waals surface area contributed by atoms with Crippen molar-refractivity contribution in [3.63, 3.8) is 0 Å². The molecule has 0 saturated heterocycles. The molecule has 6 rings (SSSR count). The lowest BCUT2D eigenvalue weighted by atomic mass is 9.76. The third-order valence-corrected chi connectivity index (χ3v) is 14.1. The zero-order chi connectivity index (χ0) is 46.5. The van der Waals surface area contributed by atoms with E-state index >= 15 is 0 Å². The summed E-state index contributed by atoms with van der Waals surface area (Å²) in [6.07, 6.45) is 13.6. The number of Topliss-reactive ketones (excluding diaryl/α,β-unsaturated/α-hetero) is 1. The number of benzene rings is 4. The third-order valence-electron chi connectivity index (χ3n) is 12.5. The van der Waals surface area contributed by atoms with Gasteiger partial charge in [-0.25, -0.2) is 8.42 Å². The van der Waals surface area contributed by atoms with Crippen molar-refractivity contribution in [2.45, 2.75) is 87.9 Å². The number of carboxylic acids is 1. The number of anilines is 1. The molecule has 2 aliphatic rings. The van der Waals surface area contributed by atoms with Gasteiger partial charge in [0.2, 0.25) is 5.69 Å². The summed E-state index contributed by atoms with van der Waals surface area (Å²) in [5, 5.41) is 12.6. The Kier molecular flexibility index (Phi) is 15.1. The third kappa shape index (κ3) is 10.6. The summed E-state index contributed by atoms with van der Waals surface area (Å²) in [4.78, 5) is 26.1. The number of ketones is 1. The molecule has 4 aromatic rings. The number of nitrogens with zero attached hydrogens (tertiary/aromatic N) is 2. The van der Waals surface area contributed by atoms with Gasteiger partial charge in [-0.15, -0.1) is 0 Å². The van der Waals surface area contributed by atoms with Gasteiger partial charge in [-0.2, -0.15) is 13.0 Å². The minimum atomic E-state index is -4.50. The molecule has 64 heavy (non-hydrogen) atoms. The normalized spacial score (nSPS) is 18.0. The van der Waals surface area contributed by atoms with Crippen LogP contribution in [0.15, 0.2) is 102 Å². The number of carbonyl (C=O) groups excluding carboxylic acids is 1. The number of hydrogen-bond donors (Lipinski definition) is 2. The fourth-order valence-electron chi connectivity index (χ4n) is 9.48. The Morgan fingerprint density at radius 1 is 0.797 bits per heavy atom. The molecule has 2 aliphatic heterocycles. The highest BCUT2D eigenvalue weighted by molar-refractivity contribution is 7.86. The summed E-state index contributed by atoms with van der Waals surface area (Å²) in [5.74, 6) is -1.29. The van der Waals surface area contributed by atoms with Crippen molar-refractivity contribution in [3.8, 4) is 0 Å². The van der Waals surface area contributed by atoms with Gasteiger partial charge in [0.1, 0.15) is 6.54 Å². The number of methoxy groups -OCH3 is 2. The molecule has 15 heteroatoms. The molecule has 4 aromatic carbocycles. The summed E-state index contributed by atoms with van der Waals surface area (Å²) >= 11 is 0. The van der Waals surface area contributed by atoms with Crippen LogP contribution in [0.25, 0.3) is 21.5 Å². The van der Waals surface area contributed by atoms with Gasteiger partial charge in [0.05, 0.1) is 27.0 Å². The van der Waals surface area contributed by atoms with E-state index in [0.29, 0.717) is 62.9 Å². The van der Waals surface area contributed by atoms with E-state index < -0.39 is 42.8 Å². The molecule has 342 valence electrons. The average molecular weight is 915 g/mol. The van der Waals surface area contributed by atoms with Gasteiger partial charge in [-0.05, 0) is 116 Å². The summed E-state index contributed by atoms with van der Waals surface area (Å²) < 4.78 is 82.3. The van der Waals surface area contributed by atoms with Crippen LogP contribution >= 0.6 is 0 Å². The number of unbranched alkanes of at least 4 members (excludes halogenated alkanes) is 2. The number of hydrogen-bond acceptors (Lipinski definition) is 10. The Morgan fingerprint density at radius 3 is 2.20 bits per heavy atom. The quantitative estimate of drug-likeness (QED) is 0.0251. The Balaban J connectivity index is 1.39. The van der Waals surface area contributed by atoms with Crippen molar-refractivity contribution in [3.05, 3.63) is 113 Å². The number of fused-ring (bicyclic) bond motifs is 6. The molecule has 0 fully saturated rings. The Morgan fingerprint density at radius 2 is 1.50 bits per heavy atom. The molecular weight excluding hydrogens is 857 g/mol. The number of allylic oxidation sites excluding steroid dienone is 6. The molecule has 13 nitrogen and oxygen atoms in total. The standard InChI is InChI=1S/C49H58N2O11S2/c1-48(2)43(50(27-11-7-10-17-45(53)54)40-24-19-34-32-36(18-22-38(34)46(40)48)42(52)14-12-29-61-4)15-8-6-9-16-44-49(3,26-13-31-63(55,56)57)47-39-23-21-37(64(58,59)60)33-35(39)20-25-41(47)51(44)28-30-62-5/h6,8-9,15-16,18-25,32-33H,7,10-14,17,26-31H2,1-5H3,(H2-,53,54,55,56,57,58,59,60). The van der Waals surface area contributed by atoms with Crippen LogP contribution < -0.4 is 4.90 Å². The zero-order valence-electron chi connectivity index (χ0n) is 37.1. The van der Waals surface area contributed by atoms with Crippen molar-refractivity contribution < 1.29 is 54.7 Å². The highest BCUT2D eigenvalue weighted by Crippen LogP contribution is 2.53. The van der Waals surface area contributed by atoms with Crippen molar-refractivity contribution in [2.75, 3.05) is 51.2 Å². The fourth-order valence-corrected chi connectivity index (χ4v) is 10.5. The molecule has 0 amide bonds. The number of carboxylic acid groups (broad SMARTS) is 1. The molecular formula is C49H58N2O11S2. The van der Waals surface area contributed by atoms with Crippen LogP contribution in [0.3, 0.4) is 0 Å². The molecule has 1 unspecified atom stereocenters. The Bertz CT molecular complexity index is 2790. The van der Waals surface area contributed by atoms with Gasteiger partial charge in [0.25, 0.3) is 10.1 Å². The maximum Gasteiger partial charge on any atom is 0.303 e. The van der Waals surface area contributed by atoms with Gasteiger partial charge in [0.15, 0.2) is 11.5 Å². The van der Waals surface area contributed by atoms with Crippen LogP contribution in [-0.4, -0.2) is 99.4 Å². The maximum absolute atomic E-state index is 13.0. The lowest BCUT2D eigenvalue weighted by Crippen LogP contribution is -2.31. The van der Waals surface area contributed by atoms with E-state index in [1.165, 1.54) is 12.1 Å². The monoisotopic (exact) mass is 914 g/mol. The summed E-state index contributed by atoms with van der Waals surface area (Å²) in [6.45, 7) is 8.38. The second-order valence-electron chi connectivity index (χ2n) is 17.2. The first kappa shape index (κ1) is 48.4. The first-order valence-electron chi connectivity index (χ1n) is 21.6. The first-order valence-corrected chi connectivity index (χ1v) is 24.6. The van der Waals surface area contributed by atoms with Crippen molar-refractivity contribution >= 4 is 70.6 Å². The van der Waals surface area contributed by atoms with Gasteiger partial charge in [0, 0.05) is 92.5 Å². The SMILES string of the molecule is COCCCC(=O)c1ccc2c3c(ccc2c1)[N+](CCCCCC(=O)O)=C(C=CC=CC=C1N(CCOC)c2ccc4cc(S(=O)(=O)O)ccc4c2C1(C)CCCS(=O)(=O)[O-])C3(C)C. The minimum absolute atomic E-state index is 0.0697. The predicted octanol–water partition coefficient (Wildman–Crippen LogP) is 8.62. The Hall–Kier alpha value is -5.03. The highest BCUT2D eigenvalue weighted by Gasteiger charge is 2.46. The van der Waals surface area contributed by atoms with Gasteiger partial charge >= 0.3 is 5.97 Å². The van der Waals surface area contributed by atoms with E-state index in [4.69, 9.17) is 9.47 Å². The van der Waals surface area contributed by atoms with Crippen LogP contribution in [0, 0.1) is 0 Å². The molecule has 0 spiro atoms. The van der Waals surface area contributed by atoms with E-state index in [-0.39, 0.29) is 23.5 Å². The largest absolute Gasteiger partial charge is 0.748 e. The van der Waals surface area contributed by atoms with E-state index in [1.54, 1.807) is 26.4 Å². The zero-order valence-corrected chi connectivity index (χ0v) is 38.8. The predicted molar refractivity (Wildman–Crippen MR) is 249 cm³/mol. The van der Waals surface area contributed by atoms with Gasteiger partial charge in [-0.1, -0.05) is 42.5 Å². The fraction of sp³-hybridized carbons (Fsp3) is 0.408. The smallest absolute Gasteiger partial charge is 0.303 e. The van der Waals surface area contributed by atoms with Gasteiger partial charge in [-0.3, -0.25) is 14.1 Å². The minimum Gasteiger partial charge on any atom is -0.748 e. The molecule has 2 N–H and O–H groups in total. The van der Waals surface area contributed by atoms with E-state index in [0.717, 1.165) is 62.9 Å². The van der Waals surface area contributed by atoms with Crippen molar-refractivity contribution in [2.24, 2.45) is 0 Å². The topological polar surface area (TPSA) is 191 Å². The van der Waals surface area contributed by atoms with Crippen LogP contribution in [0.1, 0.15) is 93.6 Å². The summed E-state index contributed by atoms with van der Waals surface area (Å²) in [7, 11) is -5.74. The highest BCUT2D eigenvalue weighted by atomic mass is 32.2. The number of carbonyl (C=O) groups is 2. The number of ether oxygens (including phenoxy) is 2. The maximum atomic E-state index is 13.0. The van der Waals surface area contributed by atoms with Crippen LogP contribution in [0.2, 0.25) is 0 Å². The van der Waals surface area contributed by atoms with E-state index in [9.17, 15) is 40.6 Å². The summed E-state index contributed by atoms with van der Waals surface area (Å²) in [6, 6.07) is 18.1. The van der Waals surface area contributed by atoms with E-state index in [1.807, 2.05) is 55.5 Å². The average Bonchev–Trinajstić information content (AvgIpc) is 3.60. The van der Waals surface area contributed by atoms with Crippen molar-refractivity contribution in [1.29, 1.82) is 0 Å². The molecule has 0 saturated carbocycles. The van der Waals surface area contributed by atoms with Crippen LogP contribution in [0.4, 0.5) is 11.4 Å². The molecule has 0 aromatic heterocycles. The van der Waals surface area contributed by atoms with Crippen LogP contribution in [0.5, 0.6) is 0 Å². The van der Waals surface area contributed by atoms with Crippen LogP contribution in [-0.2, 0) is 45.3 Å². The summed E-state index contributed by atoms with van der Waals surface area (Å²) in [5.41, 5.74) is 5.16. The Labute approximate surface area is 376 Å². The second kappa shape index (κ2) is 20.0. The molecule has 0 radical (unpaired) electrons. The number of rotatable bonds is 22. The molecule has 0 aliphatic carbocycles.